The number of rotatable bonds is 7. The summed E-state index contributed by atoms with van der Waals surface area (Å²) in [7, 11) is 0. The summed E-state index contributed by atoms with van der Waals surface area (Å²) in [6.45, 7) is 4.88. The molecule has 0 aliphatic carbocycles. The minimum atomic E-state index is -0.463. The molecule has 0 bridgehead atoms. The first-order chi connectivity index (χ1) is 14.5. The molecule has 1 saturated heterocycles. The molecular weight excluding hydrogens is 378 g/mol. The second kappa shape index (κ2) is 10.1. The number of nitrogens with zero attached hydrogens (tertiary/aromatic N) is 1. The lowest BCUT2D eigenvalue weighted by molar-refractivity contribution is -0.125. The maximum Gasteiger partial charge on any atom is 0.254 e. The molecule has 2 aromatic carbocycles. The summed E-state index contributed by atoms with van der Waals surface area (Å²) in [6, 6.07) is 15.9. The molecule has 1 aliphatic rings. The normalized spacial score (nSPS) is 16.7. The van der Waals surface area contributed by atoms with Crippen molar-refractivity contribution >= 4 is 17.7 Å². The van der Waals surface area contributed by atoms with Gasteiger partial charge in [0.1, 0.15) is 6.04 Å². The zero-order valence-corrected chi connectivity index (χ0v) is 17.6. The van der Waals surface area contributed by atoms with Crippen LogP contribution in [0.1, 0.15) is 59.4 Å². The SMILES string of the molecule is CCC(C)NC(=O)c1cccc(CNC(=O)C2CCCN2C(=O)c2ccccc2)c1. The van der Waals surface area contributed by atoms with Crippen molar-refractivity contribution in [3.63, 3.8) is 0 Å². The number of likely N-dealkylation sites (tertiary alicyclic amines) is 1. The maximum absolute atomic E-state index is 12.8. The quantitative estimate of drug-likeness (QED) is 0.740. The Kier molecular flexibility index (Phi) is 7.22. The molecule has 158 valence electrons. The van der Waals surface area contributed by atoms with E-state index in [2.05, 4.69) is 10.6 Å². The number of benzene rings is 2. The van der Waals surface area contributed by atoms with E-state index in [4.69, 9.17) is 0 Å². The Morgan fingerprint density at radius 3 is 2.53 bits per heavy atom. The lowest BCUT2D eigenvalue weighted by atomic mass is 10.1. The molecule has 30 heavy (non-hydrogen) atoms. The van der Waals surface area contributed by atoms with Gasteiger partial charge in [0, 0.05) is 30.3 Å². The van der Waals surface area contributed by atoms with Crippen LogP contribution in [0.2, 0.25) is 0 Å². The Morgan fingerprint density at radius 2 is 1.80 bits per heavy atom. The van der Waals surface area contributed by atoms with Gasteiger partial charge in [0.05, 0.1) is 0 Å². The topological polar surface area (TPSA) is 78.5 Å². The van der Waals surface area contributed by atoms with E-state index in [-0.39, 0.29) is 23.8 Å². The van der Waals surface area contributed by atoms with Gasteiger partial charge in [-0.3, -0.25) is 14.4 Å². The van der Waals surface area contributed by atoms with Crippen LogP contribution in [0.4, 0.5) is 0 Å². The van der Waals surface area contributed by atoms with Crippen LogP contribution in [0.3, 0.4) is 0 Å². The van der Waals surface area contributed by atoms with Crippen LogP contribution >= 0.6 is 0 Å². The molecule has 0 spiro atoms. The minimum Gasteiger partial charge on any atom is -0.350 e. The summed E-state index contributed by atoms with van der Waals surface area (Å²) in [5.74, 6) is -0.392. The molecule has 2 atom stereocenters. The number of nitrogens with one attached hydrogen (secondary N) is 2. The Morgan fingerprint density at radius 1 is 1.07 bits per heavy atom. The van der Waals surface area contributed by atoms with Crippen LogP contribution in [-0.4, -0.2) is 41.2 Å². The number of hydrogen-bond donors (Lipinski definition) is 2. The van der Waals surface area contributed by atoms with Gasteiger partial charge in [-0.05, 0) is 56.0 Å². The largest absolute Gasteiger partial charge is 0.350 e. The van der Waals surface area contributed by atoms with Crippen molar-refractivity contribution in [3.8, 4) is 0 Å². The van der Waals surface area contributed by atoms with E-state index < -0.39 is 6.04 Å². The first-order valence-corrected chi connectivity index (χ1v) is 10.5. The van der Waals surface area contributed by atoms with Crippen LogP contribution in [0.25, 0.3) is 0 Å². The molecule has 3 rings (SSSR count). The molecule has 1 aliphatic heterocycles. The van der Waals surface area contributed by atoms with Crippen LogP contribution in [0.15, 0.2) is 54.6 Å². The smallest absolute Gasteiger partial charge is 0.254 e. The molecule has 3 amide bonds. The average molecular weight is 408 g/mol. The van der Waals surface area contributed by atoms with Crippen LogP contribution in [0, 0.1) is 0 Å². The third kappa shape index (κ3) is 5.26. The van der Waals surface area contributed by atoms with Gasteiger partial charge >= 0.3 is 0 Å². The van der Waals surface area contributed by atoms with E-state index in [1.165, 1.54) is 0 Å². The van der Waals surface area contributed by atoms with Gasteiger partial charge in [-0.15, -0.1) is 0 Å². The van der Waals surface area contributed by atoms with Crippen LogP contribution < -0.4 is 10.6 Å². The van der Waals surface area contributed by atoms with E-state index in [9.17, 15) is 14.4 Å². The molecular formula is C24H29N3O3. The van der Waals surface area contributed by atoms with Gasteiger partial charge in [-0.25, -0.2) is 0 Å². The maximum atomic E-state index is 12.8. The van der Waals surface area contributed by atoms with E-state index >= 15 is 0 Å². The minimum absolute atomic E-state index is 0.108. The second-order valence-corrected chi connectivity index (χ2v) is 7.72. The van der Waals surface area contributed by atoms with Gasteiger partial charge < -0.3 is 15.5 Å². The summed E-state index contributed by atoms with van der Waals surface area (Å²) >= 11 is 0. The van der Waals surface area contributed by atoms with Crippen molar-refractivity contribution in [3.05, 3.63) is 71.3 Å². The van der Waals surface area contributed by atoms with Crippen molar-refractivity contribution in [2.24, 2.45) is 0 Å². The summed E-state index contributed by atoms with van der Waals surface area (Å²) in [5, 5.41) is 5.88. The Bertz CT molecular complexity index is 898. The molecule has 1 fully saturated rings. The summed E-state index contributed by atoms with van der Waals surface area (Å²) in [4.78, 5) is 39.5. The average Bonchev–Trinajstić information content (AvgIpc) is 3.27. The predicted molar refractivity (Wildman–Crippen MR) is 116 cm³/mol. The van der Waals surface area contributed by atoms with Gasteiger partial charge in [0.15, 0.2) is 0 Å². The van der Waals surface area contributed by atoms with E-state index in [1.807, 2.05) is 44.2 Å². The van der Waals surface area contributed by atoms with Crippen molar-refractivity contribution in [1.29, 1.82) is 0 Å². The highest BCUT2D eigenvalue weighted by atomic mass is 16.2. The fourth-order valence-corrected chi connectivity index (χ4v) is 3.57. The first kappa shape index (κ1) is 21.6. The molecule has 6 nitrogen and oxygen atoms in total. The fraction of sp³-hybridized carbons (Fsp3) is 0.375. The molecule has 2 unspecified atom stereocenters. The van der Waals surface area contributed by atoms with Crippen molar-refractivity contribution < 1.29 is 14.4 Å². The van der Waals surface area contributed by atoms with Crippen molar-refractivity contribution in [2.75, 3.05) is 6.54 Å². The number of hydrogen-bond acceptors (Lipinski definition) is 3. The Hall–Kier alpha value is -3.15. The molecule has 2 aromatic rings. The summed E-state index contributed by atoms with van der Waals surface area (Å²) in [6.07, 6.45) is 2.32. The van der Waals surface area contributed by atoms with Gasteiger partial charge in [-0.1, -0.05) is 37.3 Å². The van der Waals surface area contributed by atoms with E-state index in [1.54, 1.807) is 29.2 Å². The Balaban J connectivity index is 1.60. The fourth-order valence-electron chi connectivity index (χ4n) is 3.57. The zero-order chi connectivity index (χ0) is 21.5. The highest BCUT2D eigenvalue weighted by Gasteiger charge is 2.34. The highest BCUT2D eigenvalue weighted by molar-refractivity contribution is 5.98. The second-order valence-electron chi connectivity index (χ2n) is 7.72. The van der Waals surface area contributed by atoms with Crippen molar-refractivity contribution in [2.45, 2.75) is 51.7 Å². The third-order valence-corrected chi connectivity index (χ3v) is 5.48. The summed E-state index contributed by atoms with van der Waals surface area (Å²) < 4.78 is 0. The first-order valence-electron chi connectivity index (χ1n) is 10.5. The number of amides is 3. The Labute approximate surface area is 177 Å². The lowest BCUT2D eigenvalue weighted by Gasteiger charge is -2.24. The van der Waals surface area contributed by atoms with Crippen LogP contribution in [0.5, 0.6) is 0 Å². The third-order valence-electron chi connectivity index (χ3n) is 5.48. The number of carbonyl (C=O) groups excluding carboxylic acids is 3. The number of carbonyl (C=O) groups is 3. The van der Waals surface area contributed by atoms with Gasteiger partial charge in [0.2, 0.25) is 5.91 Å². The molecule has 6 heteroatoms. The standard InChI is InChI=1S/C24H29N3O3/c1-3-17(2)26-22(28)20-12-7-9-18(15-20)16-25-23(29)21-13-8-14-27(21)24(30)19-10-5-4-6-11-19/h4-7,9-12,15,17,21H,3,8,13-14,16H2,1-2H3,(H,25,29)(H,26,28). The monoisotopic (exact) mass is 407 g/mol. The molecule has 2 N–H and O–H groups in total. The zero-order valence-electron chi connectivity index (χ0n) is 17.6. The van der Waals surface area contributed by atoms with E-state index in [0.29, 0.717) is 30.6 Å². The van der Waals surface area contributed by atoms with Gasteiger partial charge in [-0.2, -0.15) is 0 Å². The molecule has 0 radical (unpaired) electrons. The highest BCUT2D eigenvalue weighted by Crippen LogP contribution is 2.20. The lowest BCUT2D eigenvalue weighted by Crippen LogP contribution is -2.45. The predicted octanol–water partition coefficient (Wildman–Crippen LogP) is 3.14. The molecule has 0 saturated carbocycles. The van der Waals surface area contributed by atoms with Gasteiger partial charge in [0.25, 0.3) is 11.8 Å². The van der Waals surface area contributed by atoms with Crippen LogP contribution in [-0.2, 0) is 11.3 Å². The molecule has 0 aromatic heterocycles. The molecule has 1 heterocycles. The van der Waals surface area contributed by atoms with E-state index in [0.717, 1.165) is 18.4 Å². The summed E-state index contributed by atoms with van der Waals surface area (Å²) in [5.41, 5.74) is 2.01. The van der Waals surface area contributed by atoms with Crippen molar-refractivity contribution in [1.82, 2.24) is 15.5 Å².